The molecule has 3 heterocycles. The zero-order chi connectivity index (χ0) is 29.5. The number of aromatic nitrogens is 1. The van der Waals surface area contributed by atoms with Crippen molar-refractivity contribution in [3.63, 3.8) is 0 Å². The first-order valence-electron chi connectivity index (χ1n) is 13.4. The van der Waals surface area contributed by atoms with Crippen LogP contribution in [0.4, 0.5) is 5.69 Å². The number of rotatable bonds is 6. The SMILES string of the molecule is Cc1ccoc1C(=O)Nc1cccc(C#Cc2cncc(C(=O)N=S(=O)(CC(=O)N3CCCC3)c3ccccc3)c2)c1. The average molecular weight is 581 g/mol. The second-order valence-corrected chi connectivity index (χ2v) is 12.0. The second-order valence-electron chi connectivity index (χ2n) is 9.76. The van der Waals surface area contributed by atoms with Crippen LogP contribution in [0.1, 0.15) is 50.4 Å². The fraction of sp³-hybridized carbons (Fsp3) is 0.188. The third-order valence-electron chi connectivity index (χ3n) is 6.64. The van der Waals surface area contributed by atoms with E-state index in [1.165, 1.54) is 24.7 Å². The van der Waals surface area contributed by atoms with E-state index < -0.39 is 15.6 Å². The molecule has 2 aromatic heterocycles. The monoisotopic (exact) mass is 580 g/mol. The molecule has 3 amide bonds. The van der Waals surface area contributed by atoms with E-state index in [0.29, 0.717) is 34.8 Å². The molecule has 212 valence electrons. The van der Waals surface area contributed by atoms with Crippen molar-refractivity contribution >= 4 is 33.1 Å². The molecule has 9 nitrogen and oxygen atoms in total. The Morgan fingerprint density at radius 3 is 2.48 bits per heavy atom. The summed E-state index contributed by atoms with van der Waals surface area (Å²) in [5.41, 5.74) is 2.44. The lowest BCUT2D eigenvalue weighted by molar-refractivity contribution is -0.127. The number of anilines is 1. The summed E-state index contributed by atoms with van der Waals surface area (Å²) in [5, 5.41) is 2.79. The molecular formula is C32H28N4O5S. The summed E-state index contributed by atoms with van der Waals surface area (Å²) in [4.78, 5) is 44.7. The van der Waals surface area contributed by atoms with Gasteiger partial charge in [0.15, 0.2) is 5.76 Å². The molecule has 1 atom stereocenters. The van der Waals surface area contributed by atoms with Crippen LogP contribution in [0.2, 0.25) is 0 Å². The van der Waals surface area contributed by atoms with Gasteiger partial charge >= 0.3 is 0 Å². The molecule has 1 saturated heterocycles. The number of benzene rings is 2. The topological polar surface area (TPSA) is 122 Å². The summed E-state index contributed by atoms with van der Waals surface area (Å²) in [6.45, 7) is 3.01. The molecule has 1 aliphatic heterocycles. The van der Waals surface area contributed by atoms with Crippen molar-refractivity contribution in [3.05, 3.63) is 113 Å². The number of nitrogens with zero attached hydrogens (tertiary/aromatic N) is 3. The van der Waals surface area contributed by atoms with Crippen LogP contribution < -0.4 is 5.32 Å². The zero-order valence-electron chi connectivity index (χ0n) is 22.9. The van der Waals surface area contributed by atoms with Gasteiger partial charge in [-0.05, 0) is 62.2 Å². The molecule has 0 saturated carbocycles. The van der Waals surface area contributed by atoms with E-state index in [0.717, 1.165) is 18.4 Å². The second kappa shape index (κ2) is 12.7. The Morgan fingerprint density at radius 1 is 0.976 bits per heavy atom. The maximum absolute atomic E-state index is 14.0. The quantitative estimate of drug-likeness (QED) is 0.323. The number of hydrogen-bond donors (Lipinski definition) is 1. The largest absolute Gasteiger partial charge is 0.459 e. The predicted octanol–water partition coefficient (Wildman–Crippen LogP) is 4.92. The highest BCUT2D eigenvalue weighted by atomic mass is 32.2. The Hall–Kier alpha value is -5.01. The van der Waals surface area contributed by atoms with Crippen molar-refractivity contribution in [2.45, 2.75) is 24.7 Å². The number of likely N-dealkylation sites (tertiary alicyclic amines) is 1. The van der Waals surface area contributed by atoms with E-state index in [1.807, 2.05) is 0 Å². The highest BCUT2D eigenvalue weighted by molar-refractivity contribution is 7.94. The van der Waals surface area contributed by atoms with Crippen molar-refractivity contribution in [2.24, 2.45) is 4.36 Å². The molecule has 10 heteroatoms. The van der Waals surface area contributed by atoms with Crippen molar-refractivity contribution in [3.8, 4) is 11.8 Å². The van der Waals surface area contributed by atoms with Gasteiger partial charge in [-0.2, -0.15) is 4.36 Å². The number of carbonyl (C=O) groups is 3. The molecule has 42 heavy (non-hydrogen) atoms. The zero-order valence-corrected chi connectivity index (χ0v) is 23.7. The van der Waals surface area contributed by atoms with Gasteiger partial charge in [-0.15, -0.1) is 0 Å². The van der Waals surface area contributed by atoms with E-state index in [9.17, 15) is 18.6 Å². The minimum Gasteiger partial charge on any atom is -0.459 e. The van der Waals surface area contributed by atoms with E-state index in [-0.39, 0.29) is 28.9 Å². The minimum absolute atomic E-state index is 0.105. The van der Waals surface area contributed by atoms with Gasteiger partial charge in [-0.25, -0.2) is 4.21 Å². The van der Waals surface area contributed by atoms with Gasteiger partial charge in [-0.1, -0.05) is 36.1 Å². The number of carbonyl (C=O) groups excluding carboxylic acids is 3. The molecule has 2 aromatic carbocycles. The fourth-order valence-electron chi connectivity index (χ4n) is 4.45. The van der Waals surface area contributed by atoms with Crippen molar-refractivity contribution in [2.75, 3.05) is 24.2 Å². The summed E-state index contributed by atoms with van der Waals surface area (Å²) < 4.78 is 23.4. The number of furan rings is 1. The van der Waals surface area contributed by atoms with Crippen molar-refractivity contribution in [1.82, 2.24) is 9.88 Å². The van der Waals surface area contributed by atoms with Crippen LogP contribution in [0.3, 0.4) is 0 Å². The standard InChI is InChI=1S/C32H28N4O5S/c1-23-14-17-41-30(23)32(39)34-27-9-7-8-24(19-27)12-13-25-18-26(21-33-20-25)31(38)35-42(40,28-10-3-2-4-11-28)22-29(37)36-15-5-6-16-36/h2-4,7-11,14,17-21H,5-6,15-16,22H2,1H3,(H,34,39). The van der Waals surface area contributed by atoms with Gasteiger partial charge in [0.05, 0.1) is 21.6 Å². The molecule has 1 unspecified atom stereocenters. The molecule has 1 aliphatic rings. The Kier molecular flexibility index (Phi) is 8.60. The number of hydrogen-bond acceptors (Lipinski definition) is 6. The highest BCUT2D eigenvalue weighted by Crippen LogP contribution is 2.19. The van der Waals surface area contributed by atoms with Crippen LogP contribution in [0.15, 0.2) is 99.1 Å². The first-order valence-corrected chi connectivity index (χ1v) is 15.0. The van der Waals surface area contributed by atoms with Crippen LogP contribution in [-0.2, 0) is 14.5 Å². The lowest BCUT2D eigenvalue weighted by Crippen LogP contribution is -2.33. The van der Waals surface area contributed by atoms with Gasteiger partial charge in [0.1, 0.15) is 5.75 Å². The lowest BCUT2D eigenvalue weighted by atomic mass is 10.1. The molecule has 0 bridgehead atoms. The molecule has 5 rings (SSSR count). The van der Waals surface area contributed by atoms with Crippen molar-refractivity contribution < 1.29 is 23.0 Å². The maximum atomic E-state index is 14.0. The summed E-state index contributed by atoms with van der Waals surface area (Å²) in [6, 6.07) is 18.6. The summed E-state index contributed by atoms with van der Waals surface area (Å²) in [5.74, 6) is 4.44. The van der Waals surface area contributed by atoms with E-state index in [2.05, 4.69) is 26.5 Å². The van der Waals surface area contributed by atoms with Gasteiger partial charge in [0.25, 0.3) is 11.8 Å². The van der Waals surface area contributed by atoms with Crippen LogP contribution in [-0.4, -0.2) is 50.7 Å². The van der Waals surface area contributed by atoms with Crippen molar-refractivity contribution in [1.29, 1.82) is 0 Å². The normalized spacial score (nSPS) is 13.9. The van der Waals surface area contributed by atoms with E-state index in [1.54, 1.807) is 72.5 Å². The Morgan fingerprint density at radius 2 is 1.74 bits per heavy atom. The molecule has 0 spiro atoms. The molecule has 1 N–H and O–H groups in total. The molecular weight excluding hydrogens is 552 g/mol. The van der Waals surface area contributed by atoms with Gasteiger partial charge in [0, 0.05) is 52.8 Å². The number of aryl methyl sites for hydroxylation is 1. The Bertz CT molecular complexity index is 1820. The van der Waals surface area contributed by atoms with Crippen LogP contribution in [0.25, 0.3) is 0 Å². The third-order valence-corrected chi connectivity index (χ3v) is 8.75. The average Bonchev–Trinajstić information content (AvgIpc) is 3.69. The van der Waals surface area contributed by atoms with Gasteiger partial charge in [0.2, 0.25) is 5.91 Å². The summed E-state index contributed by atoms with van der Waals surface area (Å²) in [6.07, 6.45) is 6.09. The molecule has 0 radical (unpaired) electrons. The number of nitrogens with one attached hydrogen (secondary N) is 1. The van der Waals surface area contributed by atoms with Gasteiger partial charge < -0.3 is 14.6 Å². The number of amides is 3. The Balaban J connectivity index is 1.36. The first kappa shape index (κ1) is 28.5. The third kappa shape index (κ3) is 6.82. The summed E-state index contributed by atoms with van der Waals surface area (Å²) in [7, 11) is -3.37. The Labute approximate surface area is 244 Å². The van der Waals surface area contributed by atoms with Crippen LogP contribution >= 0.6 is 0 Å². The van der Waals surface area contributed by atoms with E-state index >= 15 is 0 Å². The number of pyridine rings is 1. The predicted molar refractivity (Wildman–Crippen MR) is 158 cm³/mol. The molecule has 0 aliphatic carbocycles. The smallest absolute Gasteiger partial charge is 0.291 e. The lowest BCUT2D eigenvalue weighted by Gasteiger charge is -2.17. The summed E-state index contributed by atoms with van der Waals surface area (Å²) >= 11 is 0. The molecule has 4 aromatic rings. The van der Waals surface area contributed by atoms with Gasteiger partial charge in [-0.3, -0.25) is 19.4 Å². The minimum atomic E-state index is -3.37. The highest BCUT2D eigenvalue weighted by Gasteiger charge is 2.25. The van der Waals surface area contributed by atoms with Crippen LogP contribution in [0, 0.1) is 18.8 Å². The van der Waals surface area contributed by atoms with E-state index in [4.69, 9.17) is 4.42 Å². The maximum Gasteiger partial charge on any atom is 0.291 e. The molecule has 1 fully saturated rings. The van der Waals surface area contributed by atoms with Crippen LogP contribution in [0.5, 0.6) is 0 Å². The fourth-order valence-corrected chi connectivity index (χ4v) is 6.26. The first-order chi connectivity index (χ1) is 20.3.